The van der Waals surface area contributed by atoms with Gasteiger partial charge in [-0.1, -0.05) is 24.6 Å². The first-order valence-corrected chi connectivity index (χ1v) is 6.09. The van der Waals surface area contributed by atoms with Crippen LogP contribution in [0.5, 0.6) is 5.75 Å². The Morgan fingerprint density at radius 1 is 1.29 bits per heavy atom. The van der Waals surface area contributed by atoms with Gasteiger partial charge in [0.1, 0.15) is 5.75 Å². The number of hydrogen-bond acceptors (Lipinski definition) is 3. The molecule has 0 aliphatic carbocycles. The van der Waals surface area contributed by atoms with E-state index in [4.69, 9.17) is 9.47 Å². The zero-order valence-electron chi connectivity index (χ0n) is 11.2. The van der Waals surface area contributed by atoms with Crippen molar-refractivity contribution in [3.8, 4) is 5.75 Å². The molecule has 0 saturated heterocycles. The van der Waals surface area contributed by atoms with Crippen LogP contribution in [0.25, 0.3) is 0 Å². The molecule has 1 aromatic carbocycles. The number of benzene rings is 1. The smallest absolute Gasteiger partial charge is 0.123 e. The normalized spacial score (nSPS) is 12.5. The second-order valence-electron chi connectivity index (χ2n) is 4.21. The molecule has 0 heterocycles. The number of nitrogens with one attached hydrogen (secondary N) is 1. The highest BCUT2D eigenvalue weighted by Gasteiger charge is 2.15. The van der Waals surface area contributed by atoms with Crippen LogP contribution in [0.1, 0.15) is 30.5 Å². The predicted octanol–water partition coefficient (Wildman–Crippen LogP) is 2.69. The molecule has 1 atom stereocenters. The van der Waals surface area contributed by atoms with Crippen molar-refractivity contribution in [2.75, 3.05) is 27.4 Å². The minimum Gasteiger partial charge on any atom is -0.496 e. The first-order chi connectivity index (χ1) is 8.22. The molecule has 1 rings (SSSR count). The van der Waals surface area contributed by atoms with Crippen LogP contribution >= 0.6 is 0 Å². The number of rotatable bonds is 7. The molecule has 0 spiro atoms. The molecule has 0 radical (unpaired) electrons. The first-order valence-electron chi connectivity index (χ1n) is 6.09. The molecule has 0 aliphatic heterocycles. The lowest BCUT2D eigenvalue weighted by Crippen LogP contribution is -2.26. The van der Waals surface area contributed by atoms with E-state index >= 15 is 0 Å². The quantitative estimate of drug-likeness (QED) is 0.791. The van der Waals surface area contributed by atoms with Crippen LogP contribution in [-0.2, 0) is 4.74 Å². The van der Waals surface area contributed by atoms with Gasteiger partial charge in [0.25, 0.3) is 0 Å². The topological polar surface area (TPSA) is 30.5 Å². The SMILES string of the molecule is CCCNC(COC)c1cc(C)ccc1OC. The van der Waals surface area contributed by atoms with Gasteiger partial charge in [0.15, 0.2) is 0 Å². The third kappa shape index (κ3) is 4.02. The second-order valence-corrected chi connectivity index (χ2v) is 4.21. The fourth-order valence-electron chi connectivity index (χ4n) is 1.87. The molecule has 0 aromatic heterocycles. The molecule has 0 saturated carbocycles. The van der Waals surface area contributed by atoms with Crippen molar-refractivity contribution in [3.05, 3.63) is 29.3 Å². The number of hydrogen-bond donors (Lipinski definition) is 1. The summed E-state index contributed by atoms with van der Waals surface area (Å²) in [5.74, 6) is 0.918. The molecule has 1 unspecified atom stereocenters. The maximum Gasteiger partial charge on any atom is 0.123 e. The van der Waals surface area contributed by atoms with Crippen LogP contribution in [0, 0.1) is 6.92 Å². The first kappa shape index (κ1) is 14.0. The third-order valence-corrected chi connectivity index (χ3v) is 2.73. The van der Waals surface area contributed by atoms with Gasteiger partial charge in [-0.15, -0.1) is 0 Å². The van der Waals surface area contributed by atoms with Gasteiger partial charge in [0.05, 0.1) is 19.8 Å². The Morgan fingerprint density at radius 3 is 2.65 bits per heavy atom. The fraction of sp³-hybridized carbons (Fsp3) is 0.571. The van der Waals surface area contributed by atoms with Gasteiger partial charge in [0.2, 0.25) is 0 Å². The summed E-state index contributed by atoms with van der Waals surface area (Å²) in [6.45, 7) is 5.88. The third-order valence-electron chi connectivity index (χ3n) is 2.73. The van der Waals surface area contributed by atoms with E-state index in [9.17, 15) is 0 Å². The average Bonchev–Trinajstić information content (AvgIpc) is 2.34. The van der Waals surface area contributed by atoms with Crippen LogP contribution in [0.4, 0.5) is 0 Å². The fourth-order valence-corrected chi connectivity index (χ4v) is 1.87. The van der Waals surface area contributed by atoms with E-state index in [2.05, 4.69) is 31.3 Å². The van der Waals surface area contributed by atoms with Crippen LogP contribution in [0.15, 0.2) is 18.2 Å². The summed E-state index contributed by atoms with van der Waals surface area (Å²) in [6, 6.07) is 6.42. The summed E-state index contributed by atoms with van der Waals surface area (Å²) in [5.41, 5.74) is 2.41. The Balaban J connectivity index is 2.93. The summed E-state index contributed by atoms with van der Waals surface area (Å²) in [5, 5.41) is 3.48. The summed E-state index contributed by atoms with van der Waals surface area (Å²) in [4.78, 5) is 0. The zero-order valence-corrected chi connectivity index (χ0v) is 11.2. The van der Waals surface area contributed by atoms with Crippen LogP contribution in [0.3, 0.4) is 0 Å². The van der Waals surface area contributed by atoms with Crippen molar-refractivity contribution in [1.29, 1.82) is 0 Å². The van der Waals surface area contributed by atoms with Crippen molar-refractivity contribution in [2.24, 2.45) is 0 Å². The van der Waals surface area contributed by atoms with Gasteiger partial charge in [0, 0.05) is 12.7 Å². The van der Waals surface area contributed by atoms with Gasteiger partial charge in [-0.25, -0.2) is 0 Å². The number of aryl methyl sites for hydroxylation is 1. The lowest BCUT2D eigenvalue weighted by Gasteiger charge is -2.21. The summed E-state index contributed by atoms with van der Waals surface area (Å²) < 4.78 is 10.7. The van der Waals surface area contributed by atoms with Gasteiger partial charge >= 0.3 is 0 Å². The Labute approximate surface area is 104 Å². The Hall–Kier alpha value is -1.06. The van der Waals surface area contributed by atoms with Crippen molar-refractivity contribution >= 4 is 0 Å². The molecule has 0 fully saturated rings. The summed E-state index contributed by atoms with van der Waals surface area (Å²) >= 11 is 0. The van der Waals surface area contributed by atoms with Gasteiger partial charge < -0.3 is 14.8 Å². The van der Waals surface area contributed by atoms with Crippen molar-refractivity contribution < 1.29 is 9.47 Å². The van der Waals surface area contributed by atoms with E-state index in [0.29, 0.717) is 6.61 Å². The Kier molecular flexibility index (Phi) is 6.01. The highest BCUT2D eigenvalue weighted by molar-refractivity contribution is 5.39. The standard InChI is InChI=1S/C14H23NO2/c1-5-8-15-13(10-16-3)12-9-11(2)6-7-14(12)17-4/h6-7,9,13,15H,5,8,10H2,1-4H3. The largest absolute Gasteiger partial charge is 0.496 e. The summed E-state index contributed by atoms with van der Waals surface area (Å²) in [6.07, 6.45) is 1.11. The Morgan fingerprint density at radius 2 is 2.06 bits per heavy atom. The van der Waals surface area contributed by atoms with E-state index in [0.717, 1.165) is 18.7 Å². The molecule has 0 bridgehead atoms. The van der Waals surface area contributed by atoms with E-state index in [1.807, 2.05) is 6.07 Å². The van der Waals surface area contributed by atoms with Crippen molar-refractivity contribution in [3.63, 3.8) is 0 Å². The molecule has 0 amide bonds. The predicted molar refractivity (Wildman–Crippen MR) is 70.6 cm³/mol. The number of ether oxygens (including phenoxy) is 2. The van der Waals surface area contributed by atoms with Crippen LogP contribution < -0.4 is 10.1 Å². The number of methoxy groups -OCH3 is 2. The lowest BCUT2D eigenvalue weighted by atomic mass is 10.0. The second kappa shape index (κ2) is 7.30. The minimum absolute atomic E-state index is 0.190. The molecule has 0 aliphatic rings. The van der Waals surface area contributed by atoms with Crippen LogP contribution in [0.2, 0.25) is 0 Å². The van der Waals surface area contributed by atoms with Gasteiger partial charge in [-0.3, -0.25) is 0 Å². The lowest BCUT2D eigenvalue weighted by molar-refractivity contribution is 0.165. The van der Waals surface area contributed by atoms with E-state index in [-0.39, 0.29) is 6.04 Å². The Bertz CT molecular complexity index is 339. The minimum atomic E-state index is 0.190. The molecule has 1 aromatic rings. The monoisotopic (exact) mass is 237 g/mol. The van der Waals surface area contributed by atoms with Gasteiger partial charge in [-0.05, 0) is 26.0 Å². The molecule has 3 heteroatoms. The molecule has 1 N–H and O–H groups in total. The molecule has 3 nitrogen and oxygen atoms in total. The maximum absolute atomic E-state index is 5.41. The van der Waals surface area contributed by atoms with Crippen molar-refractivity contribution in [1.82, 2.24) is 5.32 Å². The van der Waals surface area contributed by atoms with Crippen molar-refractivity contribution in [2.45, 2.75) is 26.3 Å². The van der Waals surface area contributed by atoms with E-state index < -0.39 is 0 Å². The van der Waals surface area contributed by atoms with Gasteiger partial charge in [-0.2, -0.15) is 0 Å². The molecular weight excluding hydrogens is 214 g/mol. The van der Waals surface area contributed by atoms with E-state index in [1.165, 1.54) is 11.1 Å². The summed E-state index contributed by atoms with van der Waals surface area (Å²) in [7, 11) is 3.43. The van der Waals surface area contributed by atoms with Crippen LogP contribution in [-0.4, -0.2) is 27.4 Å². The molecule has 17 heavy (non-hydrogen) atoms. The zero-order chi connectivity index (χ0) is 12.7. The molecule has 96 valence electrons. The average molecular weight is 237 g/mol. The van der Waals surface area contributed by atoms with E-state index in [1.54, 1.807) is 14.2 Å². The molecular formula is C14H23NO2. The highest BCUT2D eigenvalue weighted by Crippen LogP contribution is 2.26. The highest BCUT2D eigenvalue weighted by atomic mass is 16.5. The maximum atomic E-state index is 5.41.